The average molecular weight is 905 g/mol. The van der Waals surface area contributed by atoms with Gasteiger partial charge in [0.1, 0.15) is 43.2 Å². The molecule has 0 spiro atoms. The van der Waals surface area contributed by atoms with Gasteiger partial charge in [0.15, 0.2) is 6.10 Å². The maximum Gasteiger partial charge on any atom is 0.472 e. The molecule has 1 aliphatic carbocycles. The van der Waals surface area contributed by atoms with Gasteiger partial charge >= 0.3 is 19.8 Å². The van der Waals surface area contributed by atoms with Crippen LogP contribution in [0, 0.1) is 0 Å². The van der Waals surface area contributed by atoms with Crippen molar-refractivity contribution in [2.45, 2.75) is 256 Å². The zero-order valence-electron chi connectivity index (χ0n) is 38.7. The van der Waals surface area contributed by atoms with E-state index in [2.05, 4.69) is 38.2 Å². The van der Waals surface area contributed by atoms with Crippen LogP contribution in [-0.2, 0) is 32.7 Å². The maximum atomic E-state index is 12.8. The fraction of sp³-hybridized carbons (Fsp3) is 0.875. The van der Waals surface area contributed by atoms with Crippen molar-refractivity contribution in [2.24, 2.45) is 0 Å². The zero-order valence-corrected chi connectivity index (χ0v) is 39.6. The highest BCUT2D eigenvalue weighted by atomic mass is 31.2. The molecule has 62 heavy (non-hydrogen) atoms. The number of carbonyl (C=O) groups is 2. The predicted octanol–water partition coefficient (Wildman–Crippen LogP) is 10.0. The van der Waals surface area contributed by atoms with Gasteiger partial charge in [0.05, 0.1) is 6.61 Å². The number of ether oxygens (including phenoxy) is 2. The Kier molecular flexibility index (Phi) is 36.3. The van der Waals surface area contributed by atoms with Crippen molar-refractivity contribution in [3.05, 3.63) is 24.3 Å². The van der Waals surface area contributed by atoms with E-state index >= 15 is 0 Å². The van der Waals surface area contributed by atoms with Gasteiger partial charge in [-0.1, -0.05) is 160 Å². The van der Waals surface area contributed by atoms with Crippen LogP contribution in [0.4, 0.5) is 0 Å². The molecule has 6 N–H and O–H groups in total. The van der Waals surface area contributed by atoms with Crippen LogP contribution in [0.5, 0.6) is 0 Å². The molecule has 1 aliphatic rings. The number of hydrogen-bond acceptors (Lipinski definition) is 12. The molecule has 0 bridgehead atoms. The minimum absolute atomic E-state index is 0.0882. The Morgan fingerprint density at radius 1 is 0.484 bits per heavy atom. The lowest BCUT2D eigenvalue weighted by molar-refractivity contribution is -0.220. The smallest absolute Gasteiger partial charge is 0.462 e. The number of esters is 2. The third-order valence-electron chi connectivity index (χ3n) is 11.5. The molecule has 14 heteroatoms. The minimum atomic E-state index is -5.12. The number of aliphatic hydroxyl groups excluding tert-OH is 5. The van der Waals surface area contributed by atoms with E-state index in [-0.39, 0.29) is 12.8 Å². The number of allylic oxidation sites excluding steroid dienone is 4. The average Bonchev–Trinajstić information content (AvgIpc) is 3.25. The molecule has 6 unspecified atom stereocenters. The van der Waals surface area contributed by atoms with Crippen LogP contribution in [0.25, 0.3) is 0 Å². The summed E-state index contributed by atoms with van der Waals surface area (Å²) in [7, 11) is -5.12. The number of phosphoric ester groups is 1. The molecular weight excluding hydrogens is 815 g/mol. The Morgan fingerprint density at radius 2 is 0.823 bits per heavy atom. The molecular formula is C48H89O13P. The predicted molar refractivity (Wildman–Crippen MR) is 244 cm³/mol. The summed E-state index contributed by atoms with van der Waals surface area (Å²) in [5.74, 6) is -1.10. The van der Waals surface area contributed by atoms with Crippen LogP contribution in [-0.4, -0.2) is 98.3 Å². The minimum Gasteiger partial charge on any atom is -0.462 e. The zero-order chi connectivity index (χ0) is 45.7. The first-order valence-corrected chi connectivity index (χ1v) is 26.1. The van der Waals surface area contributed by atoms with Gasteiger partial charge in [-0.3, -0.25) is 18.6 Å². The second-order valence-corrected chi connectivity index (χ2v) is 18.7. The first-order valence-electron chi connectivity index (χ1n) is 24.6. The van der Waals surface area contributed by atoms with Gasteiger partial charge in [0.2, 0.25) is 0 Å². The first kappa shape index (κ1) is 58.3. The molecule has 0 amide bonds. The fourth-order valence-electron chi connectivity index (χ4n) is 7.51. The summed E-state index contributed by atoms with van der Waals surface area (Å²) < 4.78 is 33.5. The number of aliphatic hydroxyl groups is 5. The van der Waals surface area contributed by atoms with E-state index in [9.17, 15) is 44.6 Å². The van der Waals surface area contributed by atoms with E-state index in [0.29, 0.717) is 12.8 Å². The molecule has 0 heterocycles. The first-order chi connectivity index (χ1) is 29.9. The van der Waals surface area contributed by atoms with Crippen LogP contribution in [0.3, 0.4) is 0 Å². The fourth-order valence-corrected chi connectivity index (χ4v) is 8.49. The number of phosphoric acid groups is 1. The van der Waals surface area contributed by atoms with E-state index in [0.717, 1.165) is 57.8 Å². The van der Waals surface area contributed by atoms with Gasteiger partial charge < -0.3 is 39.9 Å². The number of unbranched alkanes of at least 4 members (excludes halogenated alkanes) is 25. The molecule has 13 nitrogen and oxygen atoms in total. The summed E-state index contributed by atoms with van der Waals surface area (Å²) in [4.78, 5) is 35.7. The topological polar surface area (TPSA) is 210 Å². The summed E-state index contributed by atoms with van der Waals surface area (Å²) >= 11 is 0. The van der Waals surface area contributed by atoms with Gasteiger partial charge in [-0.25, -0.2) is 4.57 Å². The van der Waals surface area contributed by atoms with Gasteiger partial charge in [-0.2, -0.15) is 0 Å². The molecule has 0 radical (unpaired) electrons. The van der Waals surface area contributed by atoms with E-state index < -0.39 is 75.7 Å². The lowest BCUT2D eigenvalue weighted by Crippen LogP contribution is -2.64. The highest BCUT2D eigenvalue weighted by molar-refractivity contribution is 7.47. The Hall–Kier alpha value is -1.67. The number of rotatable bonds is 41. The van der Waals surface area contributed by atoms with Gasteiger partial charge in [0.25, 0.3) is 0 Å². The van der Waals surface area contributed by atoms with Gasteiger partial charge in [-0.05, 0) is 64.2 Å². The number of hydrogen-bond donors (Lipinski definition) is 6. The van der Waals surface area contributed by atoms with Crippen molar-refractivity contribution in [1.29, 1.82) is 0 Å². The summed E-state index contributed by atoms with van der Waals surface area (Å²) in [6, 6.07) is 0. The molecule has 0 aromatic carbocycles. The normalized spacial score (nSPS) is 22.0. The Bertz CT molecular complexity index is 1180. The molecule has 0 aliphatic heterocycles. The van der Waals surface area contributed by atoms with Crippen LogP contribution < -0.4 is 0 Å². The quantitative estimate of drug-likeness (QED) is 0.0146. The van der Waals surface area contributed by atoms with Crippen LogP contribution in [0.1, 0.15) is 213 Å². The largest absolute Gasteiger partial charge is 0.472 e. The monoisotopic (exact) mass is 905 g/mol. The van der Waals surface area contributed by atoms with Crippen molar-refractivity contribution < 1.29 is 63.1 Å². The third kappa shape index (κ3) is 30.5. The molecule has 0 saturated heterocycles. The van der Waals surface area contributed by atoms with Crippen molar-refractivity contribution in [3.63, 3.8) is 0 Å². The second kappa shape index (κ2) is 38.6. The Morgan fingerprint density at radius 3 is 1.26 bits per heavy atom. The molecule has 8 atom stereocenters. The van der Waals surface area contributed by atoms with Crippen molar-refractivity contribution in [1.82, 2.24) is 0 Å². The van der Waals surface area contributed by atoms with Crippen LogP contribution >= 0.6 is 7.82 Å². The van der Waals surface area contributed by atoms with Crippen LogP contribution in [0.15, 0.2) is 24.3 Å². The van der Waals surface area contributed by atoms with E-state index in [1.165, 1.54) is 116 Å². The van der Waals surface area contributed by atoms with Crippen molar-refractivity contribution >= 4 is 19.8 Å². The summed E-state index contributed by atoms with van der Waals surface area (Å²) in [5, 5.41) is 50.2. The number of carbonyl (C=O) groups excluding carboxylic acids is 2. The summed E-state index contributed by atoms with van der Waals surface area (Å²) in [6.45, 7) is 3.27. The molecule has 1 fully saturated rings. The summed E-state index contributed by atoms with van der Waals surface area (Å²) in [6.07, 6.45) is 29.5. The highest BCUT2D eigenvalue weighted by Crippen LogP contribution is 2.47. The van der Waals surface area contributed by atoms with Crippen molar-refractivity contribution in [3.8, 4) is 0 Å². The second-order valence-electron chi connectivity index (χ2n) is 17.3. The van der Waals surface area contributed by atoms with Gasteiger partial charge in [-0.15, -0.1) is 0 Å². The standard InChI is InChI=1S/C48H89O13P/c1-3-5-7-9-11-13-15-17-18-19-20-21-22-23-24-25-27-28-30-32-34-36-41(49)58-38-40(60-42(50)37-35-33-31-29-26-16-14-12-10-8-6-4-2)39-59-62(56,57)61-48-46(54)44(52)43(51)45(53)47(48)55/h12,14,17-18,40,43-48,51-55H,3-11,13,15-16,19-39H2,1-2H3,(H,56,57)/b14-12+,18-17+/t40-,43?,44-,45?,46?,47?,48?/m0/s1. The lowest BCUT2D eigenvalue weighted by atomic mass is 9.85. The highest BCUT2D eigenvalue weighted by Gasteiger charge is 2.51. The lowest BCUT2D eigenvalue weighted by Gasteiger charge is -2.41. The maximum absolute atomic E-state index is 12.8. The molecule has 364 valence electrons. The Labute approximate surface area is 375 Å². The van der Waals surface area contributed by atoms with E-state index in [1.807, 2.05) is 0 Å². The summed E-state index contributed by atoms with van der Waals surface area (Å²) in [5.41, 5.74) is 0. The SMILES string of the molecule is CCCCC/C=C/CCCCCCCC(=O)O[C@@H](COC(=O)CCCCCCCCCCCCC/C=C/CCCCCCCC)COP(=O)(O)OC1C(O)C(O)C(O)[C@H](O)C1O. The molecule has 0 aromatic heterocycles. The molecule has 1 saturated carbocycles. The third-order valence-corrected chi connectivity index (χ3v) is 12.5. The van der Waals surface area contributed by atoms with E-state index in [1.54, 1.807) is 0 Å². The van der Waals surface area contributed by atoms with Crippen molar-refractivity contribution in [2.75, 3.05) is 13.2 Å². The Balaban J connectivity index is 2.37. The van der Waals surface area contributed by atoms with Crippen LogP contribution in [0.2, 0.25) is 0 Å². The van der Waals surface area contributed by atoms with E-state index in [4.69, 9.17) is 18.5 Å². The molecule has 0 aromatic rings. The molecule has 1 rings (SSSR count). The van der Waals surface area contributed by atoms with Gasteiger partial charge in [0, 0.05) is 12.8 Å².